The molecule has 0 unspecified atom stereocenters. The molecule has 1 aromatic heterocycles. The van der Waals surface area contributed by atoms with Crippen molar-refractivity contribution in [1.82, 2.24) is 10.6 Å². The molecule has 0 saturated heterocycles. The average molecular weight is 242 g/mol. The third-order valence-electron chi connectivity index (χ3n) is 1.96. The van der Waals surface area contributed by atoms with Crippen LogP contribution in [0.25, 0.3) is 0 Å². The van der Waals surface area contributed by atoms with Crippen molar-refractivity contribution in [2.24, 2.45) is 0 Å². The largest absolute Gasteiger partial charge is 0.464 e. The van der Waals surface area contributed by atoms with Crippen molar-refractivity contribution in [1.29, 1.82) is 0 Å². The summed E-state index contributed by atoms with van der Waals surface area (Å²) in [4.78, 5) is 11.1. The lowest BCUT2D eigenvalue weighted by Gasteiger charge is -2.02. The number of likely N-dealkylation sites (N-methyl/N-ethyl adjacent to an activating group) is 1. The highest BCUT2D eigenvalue weighted by molar-refractivity contribution is 7.97. The predicted octanol–water partition coefficient (Wildman–Crippen LogP) is 1.37. The highest BCUT2D eigenvalue weighted by Gasteiger charge is 2.02. The number of furan rings is 1. The maximum absolute atomic E-state index is 11.1. The Bertz CT molecular complexity index is 326. The molecule has 1 aromatic rings. The van der Waals surface area contributed by atoms with Crippen LogP contribution >= 0.6 is 11.8 Å². The second-order valence-corrected chi connectivity index (χ2v) is 4.22. The lowest BCUT2D eigenvalue weighted by molar-refractivity contribution is -0.120. The summed E-state index contributed by atoms with van der Waals surface area (Å²) in [6.45, 7) is 3.48. The van der Waals surface area contributed by atoms with Gasteiger partial charge in [0.25, 0.3) is 0 Å². The number of carbonyl (C=O) groups is 1. The molecule has 0 aromatic carbocycles. The molecule has 0 aliphatic carbocycles. The van der Waals surface area contributed by atoms with Crippen LogP contribution in [0.5, 0.6) is 0 Å². The van der Waals surface area contributed by atoms with E-state index in [1.807, 2.05) is 25.3 Å². The van der Waals surface area contributed by atoms with Gasteiger partial charge in [-0.05, 0) is 25.3 Å². The Hall–Kier alpha value is -0.940. The summed E-state index contributed by atoms with van der Waals surface area (Å²) < 4.78 is 5.55. The van der Waals surface area contributed by atoms with Crippen LogP contribution in [0.3, 0.4) is 0 Å². The minimum Gasteiger partial charge on any atom is -0.464 e. The smallest absolute Gasteiger partial charge is 0.233 e. The van der Waals surface area contributed by atoms with E-state index in [2.05, 4.69) is 10.6 Å². The van der Waals surface area contributed by atoms with Gasteiger partial charge in [-0.2, -0.15) is 11.8 Å². The van der Waals surface area contributed by atoms with Crippen LogP contribution < -0.4 is 10.6 Å². The van der Waals surface area contributed by atoms with E-state index in [0.29, 0.717) is 19.6 Å². The van der Waals surface area contributed by atoms with Crippen molar-refractivity contribution in [2.75, 3.05) is 19.3 Å². The third kappa shape index (κ3) is 4.72. The highest BCUT2D eigenvalue weighted by atomic mass is 32.2. The Balaban J connectivity index is 2.23. The molecule has 5 heteroatoms. The van der Waals surface area contributed by atoms with Gasteiger partial charge in [0.1, 0.15) is 11.5 Å². The molecule has 0 aliphatic rings. The van der Waals surface area contributed by atoms with Crippen LogP contribution in [0.4, 0.5) is 0 Å². The summed E-state index contributed by atoms with van der Waals surface area (Å²) >= 11 is 1.73. The molecule has 0 spiro atoms. The maximum Gasteiger partial charge on any atom is 0.233 e. The summed E-state index contributed by atoms with van der Waals surface area (Å²) in [6, 6.07) is 3.91. The SMILES string of the molecule is CCNC(=O)CNCc1ccc(CSC)o1. The lowest BCUT2D eigenvalue weighted by Crippen LogP contribution is -2.33. The normalized spacial score (nSPS) is 10.4. The van der Waals surface area contributed by atoms with E-state index in [4.69, 9.17) is 4.42 Å². The second-order valence-electron chi connectivity index (χ2n) is 3.36. The Labute approximate surface area is 100 Å². The monoisotopic (exact) mass is 242 g/mol. The zero-order chi connectivity index (χ0) is 11.8. The molecule has 0 bridgehead atoms. The van der Waals surface area contributed by atoms with E-state index in [0.717, 1.165) is 17.3 Å². The van der Waals surface area contributed by atoms with Gasteiger partial charge in [-0.3, -0.25) is 4.79 Å². The second kappa shape index (κ2) is 7.35. The molecule has 2 N–H and O–H groups in total. The van der Waals surface area contributed by atoms with Crippen molar-refractivity contribution < 1.29 is 9.21 Å². The fraction of sp³-hybridized carbons (Fsp3) is 0.545. The van der Waals surface area contributed by atoms with Crippen molar-refractivity contribution >= 4 is 17.7 Å². The van der Waals surface area contributed by atoms with Crippen molar-refractivity contribution in [3.8, 4) is 0 Å². The summed E-state index contributed by atoms with van der Waals surface area (Å²) in [5.74, 6) is 2.74. The average Bonchev–Trinajstić information content (AvgIpc) is 2.67. The number of hydrogen-bond donors (Lipinski definition) is 2. The quantitative estimate of drug-likeness (QED) is 0.758. The molecule has 0 atom stereocenters. The first kappa shape index (κ1) is 13.1. The molecule has 1 amide bonds. The minimum absolute atomic E-state index is 0.0124. The summed E-state index contributed by atoms with van der Waals surface area (Å²) in [5, 5.41) is 5.75. The van der Waals surface area contributed by atoms with Gasteiger partial charge < -0.3 is 15.1 Å². The number of hydrogen-bond acceptors (Lipinski definition) is 4. The van der Waals surface area contributed by atoms with E-state index < -0.39 is 0 Å². The van der Waals surface area contributed by atoms with E-state index in [-0.39, 0.29) is 5.91 Å². The van der Waals surface area contributed by atoms with Gasteiger partial charge in [0.05, 0.1) is 18.8 Å². The van der Waals surface area contributed by atoms with Crippen LogP contribution in [-0.4, -0.2) is 25.3 Å². The number of rotatable bonds is 7. The van der Waals surface area contributed by atoms with Crippen LogP contribution in [-0.2, 0) is 17.1 Å². The molecule has 0 radical (unpaired) electrons. The zero-order valence-electron chi connectivity index (χ0n) is 9.71. The molecule has 1 rings (SSSR count). The Kier molecular flexibility index (Phi) is 6.03. The minimum atomic E-state index is 0.0124. The van der Waals surface area contributed by atoms with Gasteiger partial charge >= 0.3 is 0 Å². The molecular formula is C11H18N2O2S. The maximum atomic E-state index is 11.1. The van der Waals surface area contributed by atoms with E-state index >= 15 is 0 Å². The molecule has 4 nitrogen and oxygen atoms in total. The first-order valence-corrected chi connectivity index (χ1v) is 6.69. The van der Waals surface area contributed by atoms with Gasteiger partial charge in [-0.25, -0.2) is 0 Å². The standard InChI is InChI=1S/C11H18N2O2S/c1-3-13-11(14)7-12-6-9-4-5-10(15-9)8-16-2/h4-5,12H,3,6-8H2,1-2H3,(H,13,14). The van der Waals surface area contributed by atoms with Gasteiger partial charge in [-0.1, -0.05) is 0 Å². The van der Waals surface area contributed by atoms with Crippen molar-refractivity contribution in [2.45, 2.75) is 19.2 Å². The van der Waals surface area contributed by atoms with Gasteiger partial charge in [0.15, 0.2) is 0 Å². The number of thioether (sulfide) groups is 1. The predicted molar refractivity (Wildman–Crippen MR) is 66.3 cm³/mol. The van der Waals surface area contributed by atoms with Gasteiger partial charge in [0, 0.05) is 6.54 Å². The highest BCUT2D eigenvalue weighted by Crippen LogP contribution is 2.12. The van der Waals surface area contributed by atoms with E-state index in [1.165, 1.54) is 0 Å². The van der Waals surface area contributed by atoms with Crippen LogP contribution in [0.2, 0.25) is 0 Å². The fourth-order valence-electron chi connectivity index (χ4n) is 1.30. The molecule has 90 valence electrons. The zero-order valence-corrected chi connectivity index (χ0v) is 10.5. The Morgan fingerprint density at radius 1 is 1.44 bits per heavy atom. The Morgan fingerprint density at radius 3 is 2.88 bits per heavy atom. The molecular weight excluding hydrogens is 224 g/mol. The van der Waals surface area contributed by atoms with Crippen molar-refractivity contribution in [3.05, 3.63) is 23.7 Å². The molecule has 1 heterocycles. The topological polar surface area (TPSA) is 54.3 Å². The molecule has 0 aliphatic heterocycles. The van der Waals surface area contributed by atoms with Gasteiger partial charge in [-0.15, -0.1) is 0 Å². The van der Waals surface area contributed by atoms with Crippen molar-refractivity contribution in [3.63, 3.8) is 0 Å². The molecule has 16 heavy (non-hydrogen) atoms. The van der Waals surface area contributed by atoms with Crippen LogP contribution in [0, 0.1) is 0 Å². The first-order chi connectivity index (χ1) is 7.76. The summed E-state index contributed by atoms with van der Waals surface area (Å²) in [6.07, 6.45) is 2.04. The van der Waals surface area contributed by atoms with E-state index in [9.17, 15) is 4.79 Å². The van der Waals surface area contributed by atoms with Gasteiger partial charge in [0.2, 0.25) is 5.91 Å². The third-order valence-corrected chi connectivity index (χ3v) is 2.54. The van der Waals surface area contributed by atoms with Crippen LogP contribution in [0.1, 0.15) is 18.4 Å². The number of nitrogens with one attached hydrogen (secondary N) is 2. The van der Waals surface area contributed by atoms with Crippen LogP contribution in [0.15, 0.2) is 16.5 Å². The summed E-state index contributed by atoms with van der Waals surface area (Å²) in [7, 11) is 0. The summed E-state index contributed by atoms with van der Waals surface area (Å²) in [5.41, 5.74) is 0. The first-order valence-electron chi connectivity index (χ1n) is 5.30. The number of carbonyl (C=O) groups excluding carboxylic acids is 1. The lowest BCUT2D eigenvalue weighted by atomic mass is 10.4. The fourth-order valence-corrected chi connectivity index (χ4v) is 1.74. The Morgan fingerprint density at radius 2 is 2.19 bits per heavy atom. The van der Waals surface area contributed by atoms with E-state index in [1.54, 1.807) is 11.8 Å². The molecule has 0 fully saturated rings. The number of amides is 1. The molecule has 0 saturated carbocycles.